The van der Waals surface area contributed by atoms with E-state index in [1.54, 1.807) is 24.3 Å². The summed E-state index contributed by atoms with van der Waals surface area (Å²) >= 11 is 0. The summed E-state index contributed by atoms with van der Waals surface area (Å²) in [7, 11) is 0. The number of carbonyl (C=O) groups excluding carboxylic acids is 1. The second-order valence-corrected chi connectivity index (χ2v) is 3.36. The lowest BCUT2D eigenvalue weighted by molar-refractivity contribution is 0.0836. The molecule has 0 N–H and O–H groups in total. The first-order chi connectivity index (χ1) is 7.66. The van der Waals surface area contributed by atoms with Crippen LogP contribution < -0.4 is 0 Å². The smallest absolute Gasteiger partial charge is 0.255 e. The van der Waals surface area contributed by atoms with E-state index in [1.165, 1.54) is 24.3 Å². The first kappa shape index (κ1) is 10.5. The molecule has 0 saturated heterocycles. The maximum absolute atomic E-state index is 12.7. The number of hydrogen-bond donors (Lipinski definition) is 0. The van der Waals surface area contributed by atoms with Crippen molar-refractivity contribution in [3.05, 3.63) is 59.9 Å². The van der Waals surface area contributed by atoms with Crippen molar-refractivity contribution in [2.45, 2.75) is 0 Å². The van der Waals surface area contributed by atoms with Crippen LogP contribution in [0, 0.1) is 5.82 Å². The van der Waals surface area contributed by atoms with Gasteiger partial charge in [0.2, 0.25) is 0 Å². The number of rotatable bonds is 2. The van der Waals surface area contributed by atoms with Crippen LogP contribution in [-0.4, -0.2) is 6.04 Å². The van der Waals surface area contributed by atoms with E-state index in [0.717, 1.165) is 11.1 Å². The lowest BCUT2D eigenvalue weighted by Gasteiger charge is -2.01. The maximum atomic E-state index is 12.7. The van der Waals surface area contributed by atoms with Gasteiger partial charge < -0.3 is 0 Å². The van der Waals surface area contributed by atoms with Gasteiger partial charge in [-0.15, -0.1) is 0 Å². The summed E-state index contributed by atoms with van der Waals surface area (Å²) in [6.45, 7) is 0. The number of benzene rings is 2. The molecule has 0 amide bonds. The lowest BCUT2D eigenvalue weighted by atomic mass is 10.0. The van der Waals surface area contributed by atoms with E-state index in [0.29, 0.717) is 0 Å². The largest absolute Gasteiger partial charge is 0.332 e. The molecule has 0 heterocycles. The Balaban J connectivity index is 2.34. The average molecular weight is 218 g/mol. The van der Waals surface area contributed by atoms with Gasteiger partial charge in [0.25, 0.3) is 0 Å². The van der Waals surface area contributed by atoms with Gasteiger partial charge in [0.1, 0.15) is 5.82 Å². The minimum absolute atomic E-state index is 0.0193. The van der Waals surface area contributed by atoms with Gasteiger partial charge in [-0.2, -0.15) is 4.39 Å². The molecule has 0 spiro atoms. The van der Waals surface area contributed by atoms with Crippen molar-refractivity contribution in [1.29, 1.82) is 0 Å². The zero-order chi connectivity index (χ0) is 11.5. The van der Waals surface area contributed by atoms with Crippen molar-refractivity contribution in [3.63, 3.8) is 0 Å². The zero-order valence-electron chi connectivity index (χ0n) is 8.28. The fourth-order valence-electron chi connectivity index (χ4n) is 1.44. The normalized spacial score (nSPS) is 10.1. The minimum atomic E-state index is -1.45. The summed E-state index contributed by atoms with van der Waals surface area (Å²) < 4.78 is 25.0. The van der Waals surface area contributed by atoms with E-state index >= 15 is 0 Å². The van der Waals surface area contributed by atoms with Crippen LogP contribution >= 0.6 is 0 Å². The van der Waals surface area contributed by atoms with Crippen molar-refractivity contribution in [1.82, 2.24) is 0 Å². The van der Waals surface area contributed by atoms with Gasteiger partial charge in [-0.25, -0.2) is 4.39 Å². The summed E-state index contributed by atoms with van der Waals surface area (Å²) in [6.07, 6.45) is 0. The summed E-state index contributed by atoms with van der Waals surface area (Å²) in [5.41, 5.74) is 1.65. The second kappa shape index (κ2) is 4.23. The Morgan fingerprint density at radius 1 is 0.812 bits per heavy atom. The van der Waals surface area contributed by atoms with Gasteiger partial charge >= 0.3 is 6.04 Å². The highest BCUT2D eigenvalue weighted by Crippen LogP contribution is 2.20. The number of halogens is 2. The second-order valence-electron chi connectivity index (χ2n) is 3.36. The van der Waals surface area contributed by atoms with Crippen molar-refractivity contribution in [2.75, 3.05) is 0 Å². The van der Waals surface area contributed by atoms with E-state index in [1.807, 2.05) is 0 Å². The molecule has 16 heavy (non-hydrogen) atoms. The molecule has 0 bridgehead atoms. The Morgan fingerprint density at radius 2 is 1.25 bits per heavy atom. The maximum Gasteiger partial charge on any atom is 0.332 e. The summed E-state index contributed by atoms with van der Waals surface area (Å²) in [5.74, 6) is -0.306. The third-order valence-corrected chi connectivity index (χ3v) is 2.29. The van der Waals surface area contributed by atoms with Gasteiger partial charge in [0.15, 0.2) is 0 Å². The molecule has 2 aromatic rings. The molecule has 2 rings (SSSR count). The third-order valence-electron chi connectivity index (χ3n) is 2.29. The van der Waals surface area contributed by atoms with Crippen LogP contribution in [0.25, 0.3) is 11.1 Å². The Labute approximate surface area is 91.3 Å². The topological polar surface area (TPSA) is 17.1 Å². The molecule has 0 fully saturated rings. The highest BCUT2D eigenvalue weighted by atomic mass is 19.1. The predicted octanol–water partition coefficient (Wildman–Crippen LogP) is 3.60. The van der Waals surface area contributed by atoms with Crippen LogP contribution in [0.4, 0.5) is 8.78 Å². The third kappa shape index (κ3) is 2.14. The molecule has 1 nitrogen and oxygen atoms in total. The van der Waals surface area contributed by atoms with Crippen LogP contribution in [0.1, 0.15) is 10.4 Å². The fraction of sp³-hybridized carbons (Fsp3) is 0. The first-order valence-corrected chi connectivity index (χ1v) is 4.72. The van der Waals surface area contributed by atoms with Crippen LogP contribution in [0.2, 0.25) is 0 Å². The van der Waals surface area contributed by atoms with Gasteiger partial charge in [-0.05, 0) is 35.4 Å². The summed E-state index contributed by atoms with van der Waals surface area (Å²) in [6, 6.07) is 10.6. The molecule has 3 heteroatoms. The van der Waals surface area contributed by atoms with Crippen LogP contribution in [0.15, 0.2) is 48.5 Å². The number of hydrogen-bond acceptors (Lipinski definition) is 1. The standard InChI is InChI=1S/C13H8F2O/c14-12-7-5-10(6-8-12)9-1-3-11(4-2-9)13(15)16/h1-8H. The summed E-state index contributed by atoms with van der Waals surface area (Å²) in [5, 5.41) is 0. The van der Waals surface area contributed by atoms with Crippen molar-refractivity contribution in [3.8, 4) is 11.1 Å². The molecule has 0 radical (unpaired) electrons. The predicted molar refractivity (Wildman–Crippen MR) is 57.3 cm³/mol. The van der Waals surface area contributed by atoms with Gasteiger partial charge in [0.05, 0.1) is 5.56 Å². The molecule has 0 aromatic heterocycles. The van der Waals surface area contributed by atoms with Crippen LogP contribution in [0.5, 0.6) is 0 Å². The Hall–Kier alpha value is -2.03. The van der Waals surface area contributed by atoms with E-state index in [4.69, 9.17) is 0 Å². The molecule has 2 aromatic carbocycles. The summed E-state index contributed by atoms with van der Waals surface area (Å²) in [4.78, 5) is 10.4. The van der Waals surface area contributed by atoms with Crippen LogP contribution in [-0.2, 0) is 0 Å². The minimum Gasteiger partial charge on any atom is -0.255 e. The molecule has 0 aliphatic heterocycles. The first-order valence-electron chi connectivity index (χ1n) is 4.72. The van der Waals surface area contributed by atoms with Gasteiger partial charge in [-0.1, -0.05) is 24.3 Å². The zero-order valence-corrected chi connectivity index (χ0v) is 8.28. The van der Waals surface area contributed by atoms with Crippen molar-refractivity contribution >= 4 is 6.04 Å². The van der Waals surface area contributed by atoms with Crippen LogP contribution in [0.3, 0.4) is 0 Å². The van der Waals surface area contributed by atoms with E-state index < -0.39 is 6.04 Å². The molecule has 0 unspecified atom stereocenters. The van der Waals surface area contributed by atoms with E-state index in [-0.39, 0.29) is 11.4 Å². The van der Waals surface area contributed by atoms with Crippen molar-refractivity contribution < 1.29 is 13.6 Å². The van der Waals surface area contributed by atoms with Gasteiger partial charge in [-0.3, -0.25) is 4.79 Å². The lowest BCUT2D eigenvalue weighted by Crippen LogP contribution is -1.89. The molecule has 0 saturated carbocycles. The molecular formula is C13H8F2O. The molecule has 0 aliphatic rings. The SMILES string of the molecule is O=C(F)c1ccc(-c2ccc(F)cc2)cc1. The Kier molecular flexibility index (Phi) is 2.77. The average Bonchev–Trinajstić information content (AvgIpc) is 2.30. The monoisotopic (exact) mass is 218 g/mol. The van der Waals surface area contributed by atoms with Crippen molar-refractivity contribution in [2.24, 2.45) is 0 Å². The molecule has 0 atom stereocenters. The number of carbonyl (C=O) groups is 1. The highest BCUT2D eigenvalue weighted by molar-refractivity contribution is 5.89. The van der Waals surface area contributed by atoms with Gasteiger partial charge in [0, 0.05) is 0 Å². The Morgan fingerprint density at radius 3 is 1.69 bits per heavy atom. The Bertz CT molecular complexity index is 500. The molecule has 0 aliphatic carbocycles. The highest BCUT2D eigenvalue weighted by Gasteiger charge is 2.03. The molecule has 80 valence electrons. The quantitative estimate of drug-likeness (QED) is 0.704. The molecular weight excluding hydrogens is 210 g/mol. The fourth-order valence-corrected chi connectivity index (χ4v) is 1.44. The van der Waals surface area contributed by atoms with E-state index in [2.05, 4.69) is 0 Å². The van der Waals surface area contributed by atoms with E-state index in [9.17, 15) is 13.6 Å².